The van der Waals surface area contributed by atoms with E-state index in [-0.39, 0.29) is 18.5 Å². The molecule has 0 radical (unpaired) electrons. The van der Waals surface area contributed by atoms with Crippen molar-refractivity contribution in [3.05, 3.63) is 34.3 Å². The van der Waals surface area contributed by atoms with Crippen molar-refractivity contribution in [2.45, 2.75) is 26.8 Å². The molecule has 0 unspecified atom stereocenters. The van der Waals surface area contributed by atoms with Gasteiger partial charge in [-0.15, -0.1) is 0 Å². The molecule has 0 aromatic heterocycles. The van der Waals surface area contributed by atoms with E-state index in [4.69, 9.17) is 29.6 Å². The number of hydrogen-bond donors (Lipinski definition) is 1. The Morgan fingerprint density at radius 1 is 1.50 bits per heavy atom. The molecule has 1 aromatic carbocycles. The van der Waals surface area contributed by atoms with E-state index in [2.05, 4.69) is 0 Å². The van der Waals surface area contributed by atoms with Gasteiger partial charge in [-0.2, -0.15) is 0 Å². The summed E-state index contributed by atoms with van der Waals surface area (Å²) in [6.07, 6.45) is 0. The van der Waals surface area contributed by atoms with Gasteiger partial charge in [-0.1, -0.05) is 29.9 Å². The van der Waals surface area contributed by atoms with Gasteiger partial charge in [0.1, 0.15) is 0 Å². The fourth-order valence-electron chi connectivity index (χ4n) is 1.64. The monoisotopic (exact) mass is 284 g/mol. The first-order valence-electron chi connectivity index (χ1n) is 5.68. The van der Waals surface area contributed by atoms with Crippen LogP contribution in [0, 0.1) is 6.92 Å². The molecule has 0 saturated carbocycles. The Bertz CT molecular complexity index is 474. The molecule has 1 aromatic rings. The SMILES string of the molecule is Cc1ccc(Cl)cc1C(=O)N(CC(N)=S)C(C)C. The highest BCUT2D eigenvalue weighted by Crippen LogP contribution is 2.18. The van der Waals surface area contributed by atoms with Gasteiger partial charge in [0.25, 0.3) is 5.91 Å². The molecule has 0 saturated heterocycles. The van der Waals surface area contributed by atoms with Gasteiger partial charge in [0.2, 0.25) is 0 Å². The minimum atomic E-state index is -0.0993. The molecule has 5 heteroatoms. The number of benzene rings is 1. The number of hydrogen-bond acceptors (Lipinski definition) is 2. The molecule has 0 aliphatic carbocycles. The largest absolute Gasteiger partial charge is 0.392 e. The number of carbonyl (C=O) groups excluding carboxylic acids is 1. The van der Waals surface area contributed by atoms with Crippen molar-refractivity contribution in [2.75, 3.05) is 6.54 Å². The average Bonchev–Trinajstić information content (AvgIpc) is 2.27. The third kappa shape index (κ3) is 3.68. The number of carbonyl (C=O) groups is 1. The predicted octanol–water partition coefficient (Wildman–Crippen LogP) is 2.79. The van der Waals surface area contributed by atoms with Crippen molar-refractivity contribution in [1.29, 1.82) is 0 Å². The van der Waals surface area contributed by atoms with Gasteiger partial charge in [0.15, 0.2) is 0 Å². The first-order chi connectivity index (χ1) is 8.32. The Labute approximate surface area is 118 Å². The van der Waals surface area contributed by atoms with Crippen LogP contribution in [-0.2, 0) is 0 Å². The highest BCUT2D eigenvalue weighted by Gasteiger charge is 2.21. The Kier molecular flexibility index (Phi) is 5.11. The maximum atomic E-state index is 12.4. The van der Waals surface area contributed by atoms with Crippen molar-refractivity contribution in [3.8, 4) is 0 Å². The molecular formula is C13H17ClN2OS. The van der Waals surface area contributed by atoms with Crippen LogP contribution in [0.1, 0.15) is 29.8 Å². The number of aryl methyl sites for hydroxylation is 1. The molecule has 0 heterocycles. The first-order valence-corrected chi connectivity index (χ1v) is 6.47. The highest BCUT2D eigenvalue weighted by molar-refractivity contribution is 7.80. The van der Waals surface area contributed by atoms with Gasteiger partial charge in [-0.3, -0.25) is 4.79 Å². The van der Waals surface area contributed by atoms with E-state index in [0.717, 1.165) is 5.56 Å². The van der Waals surface area contributed by atoms with Crippen LogP contribution in [-0.4, -0.2) is 28.4 Å². The number of amides is 1. The summed E-state index contributed by atoms with van der Waals surface area (Å²) in [5.74, 6) is -0.0993. The lowest BCUT2D eigenvalue weighted by Gasteiger charge is -2.27. The topological polar surface area (TPSA) is 46.3 Å². The van der Waals surface area contributed by atoms with E-state index in [1.54, 1.807) is 17.0 Å². The Balaban J connectivity index is 3.09. The van der Waals surface area contributed by atoms with Gasteiger partial charge in [-0.05, 0) is 38.5 Å². The molecular weight excluding hydrogens is 268 g/mol. The van der Waals surface area contributed by atoms with Crippen LogP contribution in [0.15, 0.2) is 18.2 Å². The summed E-state index contributed by atoms with van der Waals surface area (Å²) < 4.78 is 0. The van der Waals surface area contributed by atoms with Crippen LogP contribution in [0.3, 0.4) is 0 Å². The second kappa shape index (κ2) is 6.16. The highest BCUT2D eigenvalue weighted by atomic mass is 35.5. The first kappa shape index (κ1) is 14.9. The van der Waals surface area contributed by atoms with Crippen molar-refractivity contribution in [1.82, 2.24) is 4.90 Å². The van der Waals surface area contributed by atoms with Gasteiger partial charge in [0.05, 0.1) is 11.5 Å². The fraction of sp³-hybridized carbons (Fsp3) is 0.385. The summed E-state index contributed by atoms with van der Waals surface area (Å²) >= 11 is 10.8. The summed E-state index contributed by atoms with van der Waals surface area (Å²) in [6.45, 7) is 6.01. The molecule has 0 aliphatic rings. The molecule has 0 fully saturated rings. The molecule has 18 heavy (non-hydrogen) atoms. The van der Waals surface area contributed by atoms with Crippen LogP contribution in [0.2, 0.25) is 5.02 Å². The molecule has 0 spiro atoms. The lowest BCUT2D eigenvalue weighted by Crippen LogP contribution is -2.42. The lowest BCUT2D eigenvalue weighted by atomic mass is 10.1. The molecule has 0 aliphatic heterocycles. The summed E-state index contributed by atoms with van der Waals surface area (Å²) in [6, 6.07) is 5.29. The second-order valence-corrected chi connectivity index (χ2v) is 5.41. The zero-order chi connectivity index (χ0) is 13.9. The molecule has 2 N–H and O–H groups in total. The lowest BCUT2D eigenvalue weighted by molar-refractivity contribution is 0.0735. The van der Waals surface area contributed by atoms with E-state index in [0.29, 0.717) is 15.6 Å². The van der Waals surface area contributed by atoms with Crippen molar-refractivity contribution in [3.63, 3.8) is 0 Å². The van der Waals surface area contributed by atoms with Crippen LogP contribution in [0.4, 0.5) is 0 Å². The van der Waals surface area contributed by atoms with E-state index in [1.165, 1.54) is 0 Å². The average molecular weight is 285 g/mol. The van der Waals surface area contributed by atoms with E-state index < -0.39 is 0 Å². The minimum Gasteiger partial charge on any atom is -0.392 e. The molecule has 0 bridgehead atoms. The van der Waals surface area contributed by atoms with Crippen LogP contribution < -0.4 is 5.73 Å². The van der Waals surface area contributed by atoms with E-state index >= 15 is 0 Å². The molecule has 3 nitrogen and oxygen atoms in total. The summed E-state index contributed by atoms with van der Waals surface area (Å²) in [4.78, 5) is 14.4. The zero-order valence-corrected chi connectivity index (χ0v) is 12.3. The summed E-state index contributed by atoms with van der Waals surface area (Å²) in [5, 5.41) is 0.544. The second-order valence-electron chi connectivity index (χ2n) is 4.45. The van der Waals surface area contributed by atoms with E-state index in [1.807, 2.05) is 26.8 Å². The van der Waals surface area contributed by atoms with Gasteiger partial charge < -0.3 is 10.6 Å². The Morgan fingerprint density at radius 3 is 2.61 bits per heavy atom. The molecule has 1 amide bonds. The Hall–Kier alpha value is -1.13. The van der Waals surface area contributed by atoms with Gasteiger partial charge in [-0.25, -0.2) is 0 Å². The minimum absolute atomic E-state index is 0.0254. The smallest absolute Gasteiger partial charge is 0.254 e. The van der Waals surface area contributed by atoms with Crippen molar-refractivity contribution in [2.24, 2.45) is 5.73 Å². The number of nitrogens with zero attached hydrogens (tertiary/aromatic N) is 1. The van der Waals surface area contributed by atoms with Gasteiger partial charge >= 0.3 is 0 Å². The molecule has 0 atom stereocenters. The van der Waals surface area contributed by atoms with E-state index in [9.17, 15) is 4.79 Å². The zero-order valence-electron chi connectivity index (χ0n) is 10.7. The Morgan fingerprint density at radius 2 is 2.11 bits per heavy atom. The van der Waals surface area contributed by atoms with Crippen LogP contribution >= 0.6 is 23.8 Å². The fourth-order valence-corrected chi connectivity index (χ4v) is 1.95. The third-order valence-corrected chi connectivity index (χ3v) is 3.00. The van der Waals surface area contributed by atoms with Crippen molar-refractivity contribution < 1.29 is 4.79 Å². The normalized spacial score (nSPS) is 10.5. The van der Waals surface area contributed by atoms with Crippen molar-refractivity contribution >= 4 is 34.7 Å². The van der Waals surface area contributed by atoms with Crippen LogP contribution in [0.25, 0.3) is 0 Å². The number of nitrogens with two attached hydrogens (primary N) is 1. The predicted molar refractivity (Wildman–Crippen MR) is 79.1 cm³/mol. The van der Waals surface area contributed by atoms with Gasteiger partial charge in [0, 0.05) is 16.6 Å². The standard InChI is InChI=1S/C13H17ClN2OS/c1-8(2)16(7-12(15)18)13(17)11-6-10(14)5-4-9(11)3/h4-6,8H,7H2,1-3H3,(H2,15,18). The third-order valence-electron chi connectivity index (χ3n) is 2.64. The summed E-state index contributed by atoms with van der Waals surface area (Å²) in [5.41, 5.74) is 7.00. The quantitative estimate of drug-likeness (QED) is 0.865. The molecule has 98 valence electrons. The number of rotatable bonds is 4. The van der Waals surface area contributed by atoms with Crippen LogP contribution in [0.5, 0.6) is 0 Å². The maximum Gasteiger partial charge on any atom is 0.254 e. The summed E-state index contributed by atoms with van der Waals surface area (Å²) in [7, 11) is 0. The number of halogens is 1. The number of thiocarbonyl (C=S) groups is 1. The molecule has 1 rings (SSSR count). The maximum absolute atomic E-state index is 12.4.